The van der Waals surface area contributed by atoms with Crippen molar-refractivity contribution in [2.24, 2.45) is 0 Å². The Labute approximate surface area is 244 Å². The highest BCUT2D eigenvalue weighted by Crippen LogP contribution is 2.26. The number of likely N-dealkylation sites (N-methyl/N-ethyl adjacent to an activating group) is 2. The second-order valence-electron chi connectivity index (χ2n) is 10.3. The van der Waals surface area contributed by atoms with Gasteiger partial charge in [0.2, 0.25) is 5.91 Å². The third-order valence-corrected chi connectivity index (χ3v) is 8.99. The lowest BCUT2D eigenvalue weighted by Gasteiger charge is -2.36. The second-order valence-corrected chi connectivity index (χ2v) is 11.9. The van der Waals surface area contributed by atoms with Crippen molar-refractivity contribution < 1.29 is 18.5 Å². The van der Waals surface area contributed by atoms with E-state index in [1.807, 2.05) is 39.8 Å². The normalized spacial score (nSPS) is 14.6. The lowest BCUT2D eigenvalue weighted by molar-refractivity contribution is -0.135. The van der Waals surface area contributed by atoms with Crippen molar-refractivity contribution in [3.8, 4) is 5.75 Å². The fourth-order valence-corrected chi connectivity index (χ4v) is 6.04. The minimum Gasteiger partial charge on any atom is -0.497 e. The van der Waals surface area contributed by atoms with Crippen molar-refractivity contribution >= 4 is 22.6 Å². The van der Waals surface area contributed by atoms with Crippen LogP contribution in [0.15, 0.2) is 41.3 Å². The molecular weight excluding hydrogens is 524 g/mol. The van der Waals surface area contributed by atoms with Gasteiger partial charge in [-0.25, -0.2) is 8.51 Å². The quantitative estimate of drug-likeness (QED) is 0.348. The molecule has 1 heterocycles. The van der Waals surface area contributed by atoms with Gasteiger partial charge in [-0.3, -0.25) is 4.79 Å². The van der Waals surface area contributed by atoms with Crippen LogP contribution in [0, 0.1) is 13.8 Å². The van der Waals surface area contributed by atoms with Crippen LogP contribution in [0.25, 0.3) is 0 Å². The molecule has 1 saturated heterocycles. The maximum absolute atomic E-state index is 13.1. The summed E-state index contributed by atoms with van der Waals surface area (Å²) >= 11 is 0. The van der Waals surface area contributed by atoms with Crippen LogP contribution in [-0.2, 0) is 27.1 Å². The van der Waals surface area contributed by atoms with E-state index in [4.69, 9.17) is 9.47 Å². The van der Waals surface area contributed by atoms with E-state index in [0.717, 1.165) is 40.4 Å². The number of nitrogens with zero attached hydrogens (tertiary/aromatic N) is 4. The predicted molar refractivity (Wildman–Crippen MR) is 166 cm³/mol. The Hall–Kier alpha value is -2.46. The van der Waals surface area contributed by atoms with Crippen LogP contribution >= 0.6 is 0 Å². The van der Waals surface area contributed by atoms with Gasteiger partial charge in [0, 0.05) is 52.0 Å². The molecule has 2 aromatic rings. The molecule has 2 aromatic carbocycles. The number of ether oxygens (including phenoxy) is 2. The van der Waals surface area contributed by atoms with E-state index in [1.54, 1.807) is 30.4 Å². The molecule has 8 nitrogen and oxygen atoms in total. The number of aryl methyl sites for hydroxylation is 2. The number of hydrogen-bond acceptors (Lipinski definition) is 6. The summed E-state index contributed by atoms with van der Waals surface area (Å²) < 4.78 is 25.7. The van der Waals surface area contributed by atoms with Crippen molar-refractivity contribution in [1.82, 2.24) is 14.1 Å². The number of methoxy groups -OCH3 is 1. The van der Waals surface area contributed by atoms with E-state index >= 15 is 0 Å². The molecule has 0 saturated carbocycles. The van der Waals surface area contributed by atoms with Crippen molar-refractivity contribution in [2.75, 3.05) is 73.0 Å². The summed E-state index contributed by atoms with van der Waals surface area (Å²) in [5, 5.41) is 0. The molecule has 9 heteroatoms. The highest BCUT2D eigenvalue weighted by Gasteiger charge is 2.21. The Morgan fingerprint density at radius 2 is 1.57 bits per heavy atom. The highest BCUT2D eigenvalue weighted by atomic mass is 32.2. The number of anilines is 1. The highest BCUT2D eigenvalue weighted by molar-refractivity contribution is 7.82. The van der Waals surface area contributed by atoms with Gasteiger partial charge in [-0.05, 0) is 81.7 Å². The molecular formula is C31H50N4O4S. The maximum atomic E-state index is 13.1. The first-order chi connectivity index (χ1) is 19.1. The van der Waals surface area contributed by atoms with Gasteiger partial charge in [0.15, 0.2) is 0 Å². The maximum Gasteiger partial charge on any atom is 0.248 e. The van der Waals surface area contributed by atoms with Crippen LogP contribution < -0.4 is 9.64 Å². The summed E-state index contributed by atoms with van der Waals surface area (Å²) in [4.78, 5) is 19.8. The summed E-state index contributed by atoms with van der Waals surface area (Å²) in [5.41, 5.74) is 4.18. The molecule has 1 atom stereocenters. The van der Waals surface area contributed by atoms with E-state index in [2.05, 4.69) is 48.2 Å². The third kappa shape index (κ3) is 9.58. The number of carbonyl (C=O) groups excluding carboxylic acids is 1. The van der Waals surface area contributed by atoms with E-state index in [9.17, 15) is 9.00 Å². The number of hydrogen-bond donors (Lipinski definition) is 0. The summed E-state index contributed by atoms with van der Waals surface area (Å²) in [5.74, 6) is 0.677. The molecule has 0 bridgehead atoms. The van der Waals surface area contributed by atoms with Gasteiger partial charge in [0.25, 0.3) is 0 Å². The molecule has 0 aromatic heterocycles. The van der Waals surface area contributed by atoms with Crippen LogP contribution in [0.4, 0.5) is 5.69 Å². The van der Waals surface area contributed by atoms with Crippen LogP contribution in [0.3, 0.4) is 0 Å². The Morgan fingerprint density at radius 3 is 2.10 bits per heavy atom. The molecule has 1 unspecified atom stereocenters. The minimum atomic E-state index is -1.32. The lowest BCUT2D eigenvalue weighted by Crippen LogP contribution is -2.41. The molecule has 0 aliphatic carbocycles. The van der Waals surface area contributed by atoms with Gasteiger partial charge in [-0.2, -0.15) is 0 Å². The zero-order valence-corrected chi connectivity index (χ0v) is 26.8. The monoisotopic (exact) mass is 574 g/mol. The van der Waals surface area contributed by atoms with Crippen LogP contribution in [0.5, 0.6) is 5.75 Å². The number of rotatable bonds is 12. The van der Waals surface area contributed by atoms with E-state index in [-0.39, 0.29) is 12.5 Å². The minimum absolute atomic E-state index is 0.00350. The number of amides is 1. The molecule has 0 spiro atoms. The smallest absolute Gasteiger partial charge is 0.248 e. The Balaban J connectivity index is 0.00000274. The summed E-state index contributed by atoms with van der Waals surface area (Å²) in [6.45, 7) is 11.3. The fraction of sp³-hybridized carbons (Fsp3) is 0.581. The molecule has 3 rings (SSSR count). The van der Waals surface area contributed by atoms with Crippen molar-refractivity contribution in [3.63, 3.8) is 0 Å². The molecule has 1 aliphatic rings. The molecule has 1 aliphatic heterocycles. The standard InChI is InChI=1S/C29H44N4O4S.C2H6/c1-22-18-27(36-7)19-23(2)29(22)38(35)32(6)16-17-37-21-28(34)31(5)20-24-8-10-26(11-9-24)33-14-12-25(13-15-33)30(3)4;1-2/h8-11,18-19,25H,12-17,20-21H2,1-7H3;1-2H3. The van der Waals surface area contributed by atoms with Gasteiger partial charge >= 0.3 is 0 Å². The number of carbonyl (C=O) groups is 1. The zero-order valence-electron chi connectivity index (χ0n) is 26.0. The molecule has 1 fully saturated rings. The van der Waals surface area contributed by atoms with Crippen LogP contribution in [0.1, 0.15) is 43.4 Å². The Kier molecular flexibility index (Phi) is 14.1. The van der Waals surface area contributed by atoms with Gasteiger partial charge < -0.3 is 24.2 Å². The van der Waals surface area contributed by atoms with Gasteiger partial charge in [0.05, 0.1) is 18.6 Å². The van der Waals surface area contributed by atoms with Crippen molar-refractivity contribution in [1.29, 1.82) is 0 Å². The Morgan fingerprint density at radius 1 is 1.00 bits per heavy atom. The third-order valence-electron chi connectivity index (χ3n) is 7.25. The van der Waals surface area contributed by atoms with E-state index in [0.29, 0.717) is 25.7 Å². The largest absolute Gasteiger partial charge is 0.497 e. The molecule has 1 amide bonds. The molecule has 40 heavy (non-hydrogen) atoms. The van der Waals surface area contributed by atoms with Crippen molar-refractivity contribution in [3.05, 3.63) is 53.1 Å². The lowest BCUT2D eigenvalue weighted by atomic mass is 10.0. The SMILES string of the molecule is CC.COc1cc(C)c(S(=O)N(C)CCOCC(=O)N(C)Cc2ccc(N3CCC(N(C)C)CC3)cc2)c(C)c1. The average molecular weight is 575 g/mol. The molecule has 0 radical (unpaired) electrons. The summed E-state index contributed by atoms with van der Waals surface area (Å²) in [6, 6.07) is 13.0. The van der Waals surface area contributed by atoms with Crippen LogP contribution in [0.2, 0.25) is 0 Å². The summed E-state index contributed by atoms with van der Waals surface area (Å²) in [7, 11) is 8.21. The molecule has 224 valence electrons. The zero-order chi connectivity index (χ0) is 29.8. The van der Waals surface area contributed by atoms with Gasteiger partial charge in [0.1, 0.15) is 23.3 Å². The number of piperidine rings is 1. The van der Waals surface area contributed by atoms with E-state index < -0.39 is 11.0 Å². The van der Waals surface area contributed by atoms with E-state index in [1.165, 1.54) is 18.5 Å². The topological polar surface area (TPSA) is 65.6 Å². The first-order valence-corrected chi connectivity index (χ1v) is 15.3. The average Bonchev–Trinajstić information content (AvgIpc) is 2.96. The predicted octanol–water partition coefficient (Wildman–Crippen LogP) is 4.50. The van der Waals surface area contributed by atoms with Gasteiger partial charge in [-0.15, -0.1) is 0 Å². The van der Waals surface area contributed by atoms with Crippen LogP contribution in [-0.4, -0.2) is 98.4 Å². The summed E-state index contributed by atoms with van der Waals surface area (Å²) in [6.07, 6.45) is 2.36. The van der Waals surface area contributed by atoms with Gasteiger partial charge in [-0.1, -0.05) is 26.0 Å². The first kappa shape index (κ1) is 33.7. The van der Waals surface area contributed by atoms with Crippen molar-refractivity contribution in [2.45, 2.75) is 58.0 Å². The first-order valence-electron chi connectivity index (χ1n) is 14.2. The second kappa shape index (κ2) is 16.7. The fourth-order valence-electron chi connectivity index (χ4n) is 4.82. The number of benzene rings is 2. The molecule has 0 N–H and O–H groups in total. The Bertz CT molecular complexity index is 1060.